The zero-order chi connectivity index (χ0) is 26.0. The van der Waals surface area contributed by atoms with Crippen LogP contribution in [-0.4, -0.2) is 60.3 Å². The summed E-state index contributed by atoms with van der Waals surface area (Å²) < 4.78 is 65.2. The van der Waals surface area contributed by atoms with Crippen LogP contribution in [-0.2, 0) is 4.79 Å². The van der Waals surface area contributed by atoms with Gasteiger partial charge in [-0.05, 0) is 24.3 Å². The van der Waals surface area contributed by atoms with Crippen LogP contribution in [0.1, 0.15) is 19.3 Å². The number of ether oxygens (including phenoxy) is 2. The zero-order valence-electron chi connectivity index (χ0n) is 19.3. The molecule has 36 heavy (non-hydrogen) atoms. The monoisotopic (exact) mass is 508 g/mol. The van der Waals surface area contributed by atoms with Crippen molar-refractivity contribution in [3.8, 4) is 11.6 Å². The summed E-state index contributed by atoms with van der Waals surface area (Å²) in [6.45, 7) is 4.53. The number of aliphatic carboxylic acids is 1. The smallest absolute Gasteiger partial charge is 0.435 e. The standard InChI is InChI=1S/C24H24F4N4O4/c1-14-19(12-22(33)34)32(30-23(14)24(26,27)28)15-3-5-16(6-4-15)36-17-7-9-31(10-8-17)20-11-21(35-2)29-13-18(20)25/h3-6,11,13,17,19H,1,7-10,12H2,2H3,(H,33,34)/t19-/m0/s1. The highest BCUT2D eigenvalue weighted by atomic mass is 19.4. The van der Waals surface area contributed by atoms with E-state index in [0.717, 1.165) is 11.2 Å². The number of carboxylic acids is 1. The molecule has 1 aromatic carbocycles. The van der Waals surface area contributed by atoms with Crippen LogP contribution in [0, 0.1) is 5.82 Å². The second-order valence-electron chi connectivity index (χ2n) is 8.41. The first-order valence-corrected chi connectivity index (χ1v) is 11.1. The van der Waals surface area contributed by atoms with E-state index in [1.54, 1.807) is 18.2 Å². The number of nitrogens with zero attached hydrogens (tertiary/aromatic N) is 4. The lowest BCUT2D eigenvalue weighted by Crippen LogP contribution is -2.38. The first-order valence-electron chi connectivity index (χ1n) is 11.1. The summed E-state index contributed by atoms with van der Waals surface area (Å²) in [5, 5.41) is 13.8. The Morgan fingerprint density at radius 2 is 1.89 bits per heavy atom. The summed E-state index contributed by atoms with van der Waals surface area (Å²) in [6.07, 6.45) is -3.10. The summed E-state index contributed by atoms with van der Waals surface area (Å²) in [5.74, 6) is -0.875. The van der Waals surface area contributed by atoms with Gasteiger partial charge in [-0.25, -0.2) is 9.37 Å². The van der Waals surface area contributed by atoms with Gasteiger partial charge in [0, 0.05) is 37.6 Å². The largest absolute Gasteiger partial charge is 0.490 e. The highest BCUT2D eigenvalue weighted by molar-refractivity contribution is 6.08. The van der Waals surface area contributed by atoms with E-state index in [-0.39, 0.29) is 17.4 Å². The van der Waals surface area contributed by atoms with Gasteiger partial charge in [0.05, 0.1) is 37.1 Å². The maximum absolute atomic E-state index is 14.2. The van der Waals surface area contributed by atoms with Crippen LogP contribution in [0.2, 0.25) is 0 Å². The number of hydrogen-bond donors (Lipinski definition) is 1. The number of pyridine rings is 1. The molecular weight excluding hydrogens is 484 g/mol. The third-order valence-electron chi connectivity index (χ3n) is 6.05. The molecule has 2 aliphatic rings. The Labute approximate surface area is 204 Å². The van der Waals surface area contributed by atoms with E-state index in [1.165, 1.54) is 19.2 Å². The van der Waals surface area contributed by atoms with Gasteiger partial charge in [0.1, 0.15) is 11.9 Å². The number of halogens is 4. The van der Waals surface area contributed by atoms with Crippen molar-refractivity contribution in [2.75, 3.05) is 30.1 Å². The van der Waals surface area contributed by atoms with Crippen molar-refractivity contribution in [3.05, 3.63) is 54.5 Å². The summed E-state index contributed by atoms with van der Waals surface area (Å²) in [5.41, 5.74) is -0.887. The van der Waals surface area contributed by atoms with Gasteiger partial charge in [0.25, 0.3) is 0 Å². The van der Waals surface area contributed by atoms with E-state index in [0.29, 0.717) is 43.2 Å². The van der Waals surface area contributed by atoms with E-state index < -0.39 is 36.1 Å². The Morgan fingerprint density at radius 3 is 2.47 bits per heavy atom. The second kappa shape index (κ2) is 10.0. The molecule has 1 aromatic heterocycles. The van der Waals surface area contributed by atoms with Crippen molar-refractivity contribution in [2.24, 2.45) is 5.10 Å². The minimum absolute atomic E-state index is 0.139. The van der Waals surface area contributed by atoms with Crippen molar-refractivity contribution in [2.45, 2.75) is 37.6 Å². The molecular formula is C24H24F4N4O4. The number of anilines is 2. The fraction of sp³-hybridized carbons (Fsp3) is 0.375. The Kier molecular flexibility index (Phi) is 7.04. The average Bonchev–Trinajstić information content (AvgIpc) is 3.16. The highest BCUT2D eigenvalue weighted by Crippen LogP contribution is 2.36. The quantitative estimate of drug-likeness (QED) is 0.555. The number of alkyl halides is 3. The summed E-state index contributed by atoms with van der Waals surface area (Å²) >= 11 is 0. The number of carboxylic acid groups (broad SMARTS) is 1. The number of hydrazone groups is 1. The zero-order valence-corrected chi connectivity index (χ0v) is 19.3. The number of aromatic nitrogens is 1. The van der Waals surface area contributed by atoms with Gasteiger partial charge in [0.2, 0.25) is 5.88 Å². The number of methoxy groups -OCH3 is 1. The third-order valence-corrected chi connectivity index (χ3v) is 6.05. The highest BCUT2D eigenvalue weighted by Gasteiger charge is 2.46. The van der Waals surface area contributed by atoms with E-state index in [9.17, 15) is 22.4 Å². The van der Waals surface area contributed by atoms with E-state index in [4.69, 9.17) is 14.6 Å². The lowest BCUT2D eigenvalue weighted by Gasteiger charge is -2.34. The predicted octanol–water partition coefficient (Wildman–Crippen LogP) is 4.41. The molecule has 0 unspecified atom stereocenters. The first kappa shape index (κ1) is 25.3. The first-order chi connectivity index (χ1) is 17.1. The average molecular weight is 508 g/mol. The van der Waals surface area contributed by atoms with Crippen LogP contribution in [0.4, 0.5) is 28.9 Å². The molecule has 192 valence electrons. The summed E-state index contributed by atoms with van der Waals surface area (Å²) in [4.78, 5) is 17.0. The Balaban J connectivity index is 1.41. The van der Waals surface area contributed by atoms with Crippen LogP contribution < -0.4 is 19.4 Å². The van der Waals surface area contributed by atoms with E-state index in [2.05, 4.69) is 16.7 Å². The second-order valence-corrected chi connectivity index (χ2v) is 8.41. The Hall–Kier alpha value is -3.83. The van der Waals surface area contributed by atoms with Gasteiger partial charge in [-0.15, -0.1) is 0 Å². The van der Waals surface area contributed by atoms with Crippen molar-refractivity contribution < 1.29 is 36.9 Å². The Morgan fingerprint density at radius 1 is 1.22 bits per heavy atom. The van der Waals surface area contributed by atoms with Crippen LogP contribution in [0.15, 0.2) is 53.8 Å². The van der Waals surface area contributed by atoms with Gasteiger partial charge in [-0.3, -0.25) is 9.80 Å². The minimum Gasteiger partial charge on any atom is -0.490 e. The van der Waals surface area contributed by atoms with Gasteiger partial charge in [-0.1, -0.05) is 6.58 Å². The molecule has 0 spiro atoms. The molecule has 0 aliphatic carbocycles. The number of hydrogen-bond acceptors (Lipinski definition) is 7. The lowest BCUT2D eigenvalue weighted by atomic mass is 10.0. The summed E-state index contributed by atoms with van der Waals surface area (Å²) in [6, 6.07) is 6.63. The van der Waals surface area contributed by atoms with Crippen LogP contribution in [0.25, 0.3) is 0 Å². The molecule has 4 rings (SSSR count). The Bertz CT molecular complexity index is 1160. The maximum Gasteiger partial charge on any atom is 0.435 e. The SMILES string of the molecule is C=C1C(C(F)(F)F)=NN(c2ccc(OC3CCN(c4cc(OC)ncc4F)CC3)cc2)[C@H]1CC(=O)O. The number of carbonyl (C=O) groups is 1. The lowest BCUT2D eigenvalue weighted by molar-refractivity contribution is -0.137. The van der Waals surface area contributed by atoms with Crippen LogP contribution >= 0.6 is 0 Å². The van der Waals surface area contributed by atoms with Gasteiger partial charge in [-0.2, -0.15) is 18.3 Å². The molecule has 2 aromatic rings. The van der Waals surface area contributed by atoms with Crippen molar-refractivity contribution in [1.29, 1.82) is 0 Å². The fourth-order valence-electron chi connectivity index (χ4n) is 4.25. The van der Waals surface area contributed by atoms with Gasteiger partial charge < -0.3 is 19.5 Å². The molecule has 1 fully saturated rings. The van der Waals surface area contributed by atoms with Crippen molar-refractivity contribution in [1.82, 2.24) is 4.98 Å². The molecule has 3 heterocycles. The number of benzene rings is 1. The topological polar surface area (TPSA) is 87.5 Å². The van der Waals surface area contributed by atoms with Crippen molar-refractivity contribution in [3.63, 3.8) is 0 Å². The van der Waals surface area contributed by atoms with Crippen LogP contribution in [0.3, 0.4) is 0 Å². The van der Waals surface area contributed by atoms with E-state index in [1.807, 2.05) is 4.90 Å². The number of rotatable bonds is 7. The van der Waals surface area contributed by atoms with Gasteiger partial charge >= 0.3 is 12.1 Å². The fourth-order valence-corrected chi connectivity index (χ4v) is 4.25. The molecule has 1 atom stereocenters. The van der Waals surface area contributed by atoms with Crippen LogP contribution in [0.5, 0.6) is 11.6 Å². The molecule has 0 bridgehead atoms. The van der Waals surface area contributed by atoms with E-state index >= 15 is 0 Å². The third kappa shape index (κ3) is 5.37. The molecule has 8 nitrogen and oxygen atoms in total. The molecule has 12 heteroatoms. The van der Waals surface area contributed by atoms with Crippen molar-refractivity contribution >= 4 is 23.1 Å². The normalized spacial score (nSPS) is 18.9. The molecule has 1 N–H and O–H groups in total. The van der Waals surface area contributed by atoms with Gasteiger partial charge in [0.15, 0.2) is 11.5 Å². The predicted molar refractivity (Wildman–Crippen MR) is 124 cm³/mol. The minimum atomic E-state index is -4.75. The molecule has 1 saturated heterocycles. The number of piperidine rings is 1. The maximum atomic E-state index is 14.2. The molecule has 0 amide bonds. The molecule has 0 saturated carbocycles. The molecule has 0 radical (unpaired) electrons. The summed E-state index contributed by atoms with van der Waals surface area (Å²) in [7, 11) is 1.46. The molecule has 2 aliphatic heterocycles.